The maximum absolute atomic E-state index is 11.9. The molecule has 0 heterocycles. The van der Waals surface area contributed by atoms with Gasteiger partial charge in [-0.1, -0.05) is 18.2 Å². The average molecular weight is 218 g/mol. The lowest BCUT2D eigenvalue weighted by Crippen LogP contribution is -2.31. The van der Waals surface area contributed by atoms with Crippen LogP contribution in [0.25, 0.3) is 0 Å². The van der Waals surface area contributed by atoms with E-state index in [0.29, 0.717) is 4.90 Å². The van der Waals surface area contributed by atoms with E-state index < -0.39 is 13.5 Å². The minimum absolute atomic E-state index is 0.262. The van der Waals surface area contributed by atoms with Crippen molar-refractivity contribution in [2.24, 2.45) is 0 Å². The fourth-order valence-corrected chi connectivity index (χ4v) is 1.80. The van der Waals surface area contributed by atoms with Gasteiger partial charge in [-0.2, -0.15) is 0 Å². The van der Waals surface area contributed by atoms with Gasteiger partial charge in [-0.05, 0) is 11.5 Å². The second kappa shape index (κ2) is 5.33. The van der Waals surface area contributed by atoms with Crippen LogP contribution in [0, 0.1) is 0 Å². The van der Waals surface area contributed by atoms with Gasteiger partial charge in [0.2, 0.25) is 6.43 Å². The third kappa shape index (κ3) is 3.28. The summed E-state index contributed by atoms with van der Waals surface area (Å²) in [6.07, 6.45) is -2.40. The fraction of sp³-hybridized carbons (Fsp3) is 0.250. The van der Waals surface area contributed by atoms with Gasteiger partial charge in [0.15, 0.2) is 0 Å². The Morgan fingerprint density at radius 2 is 1.93 bits per heavy atom. The van der Waals surface area contributed by atoms with Gasteiger partial charge in [-0.3, -0.25) is 0 Å². The van der Waals surface area contributed by atoms with Gasteiger partial charge in [-0.25, -0.2) is 8.78 Å². The van der Waals surface area contributed by atoms with Gasteiger partial charge in [-0.15, -0.1) is 11.8 Å². The number of hydrogen-bond donors (Lipinski definition) is 2. The Morgan fingerprint density at radius 1 is 1.29 bits per heavy atom. The van der Waals surface area contributed by atoms with E-state index in [1.54, 1.807) is 18.2 Å². The van der Waals surface area contributed by atoms with E-state index in [9.17, 15) is 8.78 Å². The molecule has 0 aliphatic rings. The Morgan fingerprint density at radius 3 is 2.50 bits per heavy atom. The number of benzene rings is 1. The third-order valence-corrected chi connectivity index (χ3v) is 2.66. The second-order valence-electron chi connectivity index (χ2n) is 2.61. The average Bonchev–Trinajstić information content (AvgIpc) is 2.15. The molecule has 0 saturated heterocycles. The summed E-state index contributed by atoms with van der Waals surface area (Å²) in [4.78, 5) is 0.475. The first-order chi connectivity index (χ1) is 6.61. The quantitative estimate of drug-likeness (QED) is 0.578. The topological polar surface area (TPSA) is 40.5 Å². The van der Waals surface area contributed by atoms with E-state index in [0.717, 1.165) is 11.8 Å². The van der Waals surface area contributed by atoms with Crippen LogP contribution < -0.4 is 5.46 Å². The molecule has 1 aromatic carbocycles. The molecule has 2 N–H and O–H groups in total. The van der Waals surface area contributed by atoms with E-state index >= 15 is 0 Å². The van der Waals surface area contributed by atoms with Gasteiger partial charge >= 0.3 is 7.12 Å². The Bertz CT molecular complexity index is 296. The van der Waals surface area contributed by atoms with Crippen LogP contribution in [0.3, 0.4) is 0 Å². The summed E-state index contributed by atoms with van der Waals surface area (Å²) in [5.41, 5.74) is 0.262. The minimum Gasteiger partial charge on any atom is -0.423 e. The first kappa shape index (κ1) is 11.5. The van der Waals surface area contributed by atoms with Crippen LogP contribution in [0.2, 0.25) is 0 Å². The largest absolute Gasteiger partial charge is 0.489 e. The number of thioether (sulfide) groups is 1. The van der Waals surface area contributed by atoms with Crippen LogP contribution in [0.15, 0.2) is 29.2 Å². The van der Waals surface area contributed by atoms with Gasteiger partial charge in [0, 0.05) is 4.90 Å². The van der Waals surface area contributed by atoms with Crippen LogP contribution in [-0.4, -0.2) is 29.3 Å². The Labute approximate surface area is 85.1 Å². The lowest BCUT2D eigenvalue weighted by molar-refractivity contribution is 0.177. The summed E-state index contributed by atoms with van der Waals surface area (Å²) < 4.78 is 23.8. The van der Waals surface area contributed by atoms with E-state index in [4.69, 9.17) is 10.0 Å². The molecular weight excluding hydrogens is 209 g/mol. The molecule has 0 atom stereocenters. The maximum atomic E-state index is 11.9. The van der Waals surface area contributed by atoms with Crippen LogP contribution in [0.1, 0.15) is 0 Å². The number of hydrogen-bond acceptors (Lipinski definition) is 3. The molecule has 76 valence electrons. The van der Waals surface area contributed by atoms with Crippen LogP contribution in [0.5, 0.6) is 0 Å². The minimum atomic E-state index is -2.40. The summed E-state index contributed by atoms with van der Waals surface area (Å²) in [7, 11) is -1.61. The lowest BCUT2D eigenvalue weighted by atomic mass is 9.80. The van der Waals surface area contributed by atoms with Crippen LogP contribution >= 0.6 is 11.8 Å². The normalized spacial score (nSPS) is 10.6. The SMILES string of the molecule is OB(O)c1ccccc1SCC(F)F. The van der Waals surface area contributed by atoms with Crippen molar-refractivity contribution in [2.45, 2.75) is 11.3 Å². The molecule has 0 spiro atoms. The summed E-state index contributed by atoms with van der Waals surface area (Å²) in [6.45, 7) is 0. The highest BCUT2D eigenvalue weighted by Gasteiger charge is 2.16. The number of alkyl halides is 2. The lowest BCUT2D eigenvalue weighted by Gasteiger charge is -2.07. The van der Waals surface area contributed by atoms with Crippen molar-refractivity contribution in [3.8, 4) is 0 Å². The number of halogens is 2. The van der Waals surface area contributed by atoms with Crippen molar-refractivity contribution in [3.05, 3.63) is 24.3 Å². The summed E-state index contributed by atoms with van der Waals surface area (Å²) >= 11 is 0.913. The third-order valence-electron chi connectivity index (χ3n) is 1.56. The Hall–Kier alpha value is -0.585. The molecule has 0 amide bonds. The van der Waals surface area contributed by atoms with Crippen molar-refractivity contribution in [3.63, 3.8) is 0 Å². The van der Waals surface area contributed by atoms with Crippen LogP contribution in [-0.2, 0) is 0 Å². The zero-order valence-corrected chi connectivity index (χ0v) is 8.05. The van der Waals surface area contributed by atoms with Gasteiger partial charge in [0.05, 0.1) is 5.75 Å². The van der Waals surface area contributed by atoms with Gasteiger partial charge in [0.1, 0.15) is 0 Å². The van der Waals surface area contributed by atoms with Gasteiger partial charge < -0.3 is 10.0 Å². The van der Waals surface area contributed by atoms with Crippen molar-refractivity contribution >= 4 is 24.3 Å². The molecule has 0 aliphatic carbocycles. The van der Waals surface area contributed by atoms with Crippen LogP contribution in [0.4, 0.5) is 8.78 Å². The molecule has 0 aromatic heterocycles. The second-order valence-corrected chi connectivity index (χ2v) is 3.68. The highest BCUT2D eigenvalue weighted by Crippen LogP contribution is 2.18. The van der Waals surface area contributed by atoms with Crippen molar-refractivity contribution in [1.29, 1.82) is 0 Å². The van der Waals surface area contributed by atoms with Crippen molar-refractivity contribution in [2.75, 3.05) is 5.75 Å². The predicted molar refractivity (Wildman–Crippen MR) is 53.0 cm³/mol. The highest BCUT2D eigenvalue weighted by molar-refractivity contribution is 7.99. The molecule has 0 radical (unpaired) electrons. The molecule has 0 aliphatic heterocycles. The first-order valence-corrected chi connectivity index (χ1v) is 4.96. The molecule has 2 nitrogen and oxygen atoms in total. The highest BCUT2D eigenvalue weighted by atomic mass is 32.2. The van der Waals surface area contributed by atoms with E-state index in [2.05, 4.69) is 0 Å². The summed E-state index contributed by atoms with van der Waals surface area (Å²) in [5.74, 6) is -0.344. The maximum Gasteiger partial charge on any atom is 0.489 e. The Balaban J connectivity index is 2.74. The standard InChI is InChI=1S/C8H9BF2O2S/c10-8(11)5-14-7-4-2-1-3-6(7)9(12)13/h1-4,8,12-13H,5H2. The fourth-order valence-electron chi connectivity index (χ4n) is 0.978. The molecule has 0 bridgehead atoms. The van der Waals surface area contributed by atoms with Crippen molar-refractivity contribution < 1.29 is 18.8 Å². The Kier molecular flexibility index (Phi) is 4.38. The number of rotatable bonds is 4. The molecular formula is C8H9BF2O2S. The smallest absolute Gasteiger partial charge is 0.423 e. The van der Waals surface area contributed by atoms with E-state index in [-0.39, 0.29) is 11.2 Å². The monoisotopic (exact) mass is 218 g/mol. The zero-order valence-electron chi connectivity index (χ0n) is 7.23. The van der Waals surface area contributed by atoms with Gasteiger partial charge in [0.25, 0.3) is 0 Å². The molecule has 1 aromatic rings. The summed E-state index contributed by atoms with van der Waals surface area (Å²) in [5, 5.41) is 17.8. The van der Waals surface area contributed by atoms with E-state index in [1.807, 2.05) is 0 Å². The molecule has 14 heavy (non-hydrogen) atoms. The molecule has 0 unspecified atom stereocenters. The van der Waals surface area contributed by atoms with Crippen molar-refractivity contribution in [1.82, 2.24) is 0 Å². The first-order valence-electron chi connectivity index (χ1n) is 3.97. The molecule has 1 rings (SSSR count). The molecule has 6 heteroatoms. The predicted octanol–water partition coefficient (Wildman–Crippen LogP) is 0.724. The van der Waals surface area contributed by atoms with E-state index in [1.165, 1.54) is 6.07 Å². The summed E-state index contributed by atoms with van der Waals surface area (Å²) in [6, 6.07) is 6.38. The molecule has 0 saturated carbocycles. The molecule has 0 fully saturated rings. The zero-order chi connectivity index (χ0) is 10.6.